The third kappa shape index (κ3) is 4.18. The second-order valence-corrected chi connectivity index (χ2v) is 4.65. The molecule has 1 fully saturated rings. The first-order chi connectivity index (χ1) is 8.28. The van der Waals surface area contributed by atoms with E-state index >= 15 is 0 Å². The van der Waals surface area contributed by atoms with Gasteiger partial charge in [0.2, 0.25) is 0 Å². The highest BCUT2D eigenvalue weighted by molar-refractivity contribution is 5.11. The van der Waals surface area contributed by atoms with E-state index in [1.165, 1.54) is 12.8 Å². The van der Waals surface area contributed by atoms with Crippen molar-refractivity contribution in [1.29, 1.82) is 0 Å². The van der Waals surface area contributed by atoms with E-state index in [1.807, 2.05) is 13.1 Å². The van der Waals surface area contributed by atoms with Gasteiger partial charge in [0.25, 0.3) is 0 Å². The van der Waals surface area contributed by atoms with Gasteiger partial charge < -0.3 is 5.32 Å². The topological polar surface area (TPSA) is 28.2 Å². The second-order valence-electron chi connectivity index (χ2n) is 4.65. The summed E-state index contributed by atoms with van der Waals surface area (Å²) in [5.41, 5.74) is 2.20. The zero-order chi connectivity index (χ0) is 12.1. The fourth-order valence-electron chi connectivity index (χ4n) is 1.74. The molecule has 0 atom stereocenters. The van der Waals surface area contributed by atoms with Crippen molar-refractivity contribution in [3.05, 3.63) is 29.6 Å². The Morgan fingerprint density at radius 2 is 2.24 bits per heavy atom. The molecule has 17 heavy (non-hydrogen) atoms. The predicted octanol–water partition coefficient (Wildman–Crippen LogP) is 1.40. The Labute approximate surface area is 103 Å². The highest BCUT2D eigenvalue weighted by Crippen LogP contribution is 2.19. The smallest absolute Gasteiger partial charge is 0.0599 e. The Morgan fingerprint density at radius 3 is 2.94 bits per heavy atom. The molecule has 0 spiro atoms. The molecular weight excluding hydrogens is 210 g/mol. The van der Waals surface area contributed by atoms with Crippen LogP contribution in [0.1, 0.15) is 24.2 Å². The number of nitrogens with one attached hydrogen (secondary N) is 1. The Balaban J connectivity index is 1.88. The fraction of sp³-hybridized carbons (Fsp3) is 0.500. The molecule has 0 amide bonds. The monoisotopic (exact) mass is 229 g/mol. The molecule has 0 unspecified atom stereocenters. The van der Waals surface area contributed by atoms with Crippen molar-refractivity contribution < 1.29 is 0 Å². The molecule has 1 heterocycles. The van der Waals surface area contributed by atoms with Crippen LogP contribution in [0.4, 0.5) is 0 Å². The van der Waals surface area contributed by atoms with Crippen LogP contribution < -0.4 is 5.32 Å². The number of pyridine rings is 1. The summed E-state index contributed by atoms with van der Waals surface area (Å²) in [6, 6.07) is 6.91. The van der Waals surface area contributed by atoms with Gasteiger partial charge in [0, 0.05) is 19.1 Å². The van der Waals surface area contributed by atoms with Crippen molar-refractivity contribution in [2.24, 2.45) is 0 Å². The van der Waals surface area contributed by atoms with Crippen LogP contribution in [0.3, 0.4) is 0 Å². The molecule has 1 N–H and O–H groups in total. The number of hydrogen-bond acceptors (Lipinski definition) is 3. The van der Waals surface area contributed by atoms with Crippen molar-refractivity contribution in [2.45, 2.75) is 32.0 Å². The minimum absolute atomic E-state index is 0.659. The van der Waals surface area contributed by atoms with E-state index in [0.717, 1.165) is 30.5 Å². The summed E-state index contributed by atoms with van der Waals surface area (Å²) in [4.78, 5) is 6.71. The molecule has 1 aliphatic rings. The summed E-state index contributed by atoms with van der Waals surface area (Å²) in [5, 5.41) is 3.47. The van der Waals surface area contributed by atoms with Crippen LogP contribution in [0, 0.1) is 12.3 Å². The van der Waals surface area contributed by atoms with Gasteiger partial charge in [0.05, 0.1) is 17.9 Å². The second kappa shape index (κ2) is 5.81. The molecule has 1 aliphatic carbocycles. The average molecular weight is 229 g/mol. The maximum Gasteiger partial charge on any atom is 0.0599 e. The first-order valence-electron chi connectivity index (χ1n) is 6.08. The van der Waals surface area contributed by atoms with Crippen molar-refractivity contribution >= 4 is 0 Å². The predicted molar refractivity (Wildman–Crippen MR) is 69.3 cm³/mol. The normalized spacial score (nSPS) is 14.9. The van der Waals surface area contributed by atoms with Crippen molar-refractivity contribution in [3.63, 3.8) is 0 Å². The first kappa shape index (κ1) is 12.1. The number of aromatic nitrogens is 1. The highest BCUT2D eigenvalue weighted by Gasteiger charge is 2.20. The minimum atomic E-state index is 0.659. The Bertz CT molecular complexity index is 404. The SMILES string of the molecule is C#CCN(C)Cc1cccc(CNC2CC2)n1. The standard InChI is InChI=1S/C14H19N3/c1-3-9-17(2)11-14-6-4-5-13(16-14)10-15-12-7-8-12/h1,4-6,12,15H,7-11H2,2H3. The lowest BCUT2D eigenvalue weighted by Crippen LogP contribution is -2.20. The van der Waals surface area contributed by atoms with Gasteiger partial charge in [-0.05, 0) is 32.0 Å². The summed E-state index contributed by atoms with van der Waals surface area (Å²) in [7, 11) is 2.01. The third-order valence-corrected chi connectivity index (χ3v) is 2.81. The van der Waals surface area contributed by atoms with Gasteiger partial charge in [-0.15, -0.1) is 6.42 Å². The molecule has 1 saturated carbocycles. The zero-order valence-corrected chi connectivity index (χ0v) is 10.3. The van der Waals surface area contributed by atoms with Crippen LogP contribution >= 0.6 is 0 Å². The van der Waals surface area contributed by atoms with Crippen LogP contribution in [-0.2, 0) is 13.1 Å². The summed E-state index contributed by atoms with van der Waals surface area (Å²) in [6.45, 7) is 2.34. The fourth-order valence-corrected chi connectivity index (χ4v) is 1.74. The summed E-state index contributed by atoms with van der Waals surface area (Å²) in [5.74, 6) is 2.64. The van der Waals surface area contributed by atoms with Crippen LogP contribution in [0.5, 0.6) is 0 Å². The van der Waals surface area contributed by atoms with Crippen molar-refractivity contribution in [2.75, 3.05) is 13.6 Å². The first-order valence-corrected chi connectivity index (χ1v) is 6.08. The lowest BCUT2D eigenvalue weighted by Gasteiger charge is -2.13. The molecule has 2 rings (SSSR count). The van der Waals surface area contributed by atoms with Gasteiger partial charge in [-0.3, -0.25) is 9.88 Å². The lowest BCUT2D eigenvalue weighted by atomic mass is 10.3. The zero-order valence-electron chi connectivity index (χ0n) is 10.3. The summed E-state index contributed by atoms with van der Waals surface area (Å²) in [6.07, 6.45) is 7.90. The van der Waals surface area contributed by atoms with Crippen LogP contribution in [-0.4, -0.2) is 29.5 Å². The molecule has 0 bridgehead atoms. The van der Waals surface area contributed by atoms with Gasteiger partial charge in [-0.25, -0.2) is 0 Å². The van der Waals surface area contributed by atoms with Crippen LogP contribution in [0.15, 0.2) is 18.2 Å². The molecule has 1 aromatic heterocycles. The molecule has 0 saturated heterocycles. The molecule has 0 aliphatic heterocycles. The minimum Gasteiger partial charge on any atom is -0.308 e. The quantitative estimate of drug-likeness (QED) is 0.747. The van der Waals surface area contributed by atoms with Crippen LogP contribution in [0.25, 0.3) is 0 Å². The van der Waals surface area contributed by atoms with Gasteiger partial charge in [0.15, 0.2) is 0 Å². The van der Waals surface area contributed by atoms with Crippen molar-refractivity contribution in [3.8, 4) is 12.3 Å². The Hall–Kier alpha value is -1.37. The number of hydrogen-bond donors (Lipinski definition) is 1. The molecule has 1 aromatic rings. The molecule has 0 radical (unpaired) electrons. The van der Waals surface area contributed by atoms with Crippen molar-refractivity contribution in [1.82, 2.24) is 15.2 Å². The van der Waals surface area contributed by atoms with Gasteiger partial charge in [-0.1, -0.05) is 12.0 Å². The van der Waals surface area contributed by atoms with E-state index < -0.39 is 0 Å². The highest BCUT2D eigenvalue weighted by atomic mass is 15.1. The van der Waals surface area contributed by atoms with Crippen LogP contribution in [0.2, 0.25) is 0 Å². The number of nitrogens with zero attached hydrogens (tertiary/aromatic N) is 2. The summed E-state index contributed by atoms with van der Waals surface area (Å²) >= 11 is 0. The van der Waals surface area contributed by atoms with Gasteiger partial charge in [0.1, 0.15) is 0 Å². The largest absolute Gasteiger partial charge is 0.308 e. The maximum atomic E-state index is 5.28. The number of rotatable bonds is 6. The molecule has 0 aromatic carbocycles. The molecular formula is C14H19N3. The van der Waals surface area contributed by atoms with Gasteiger partial charge >= 0.3 is 0 Å². The molecule has 3 heteroatoms. The average Bonchev–Trinajstić information content (AvgIpc) is 3.11. The van der Waals surface area contributed by atoms with E-state index in [2.05, 4.69) is 33.3 Å². The third-order valence-electron chi connectivity index (χ3n) is 2.81. The molecule has 90 valence electrons. The van der Waals surface area contributed by atoms with E-state index in [-0.39, 0.29) is 0 Å². The van der Waals surface area contributed by atoms with E-state index in [0.29, 0.717) is 6.54 Å². The van der Waals surface area contributed by atoms with Gasteiger partial charge in [-0.2, -0.15) is 0 Å². The Morgan fingerprint density at radius 1 is 1.47 bits per heavy atom. The number of terminal acetylenes is 1. The Kier molecular flexibility index (Phi) is 4.13. The summed E-state index contributed by atoms with van der Waals surface area (Å²) < 4.78 is 0. The maximum absolute atomic E-state index is 5.28. The van der Waals surface area contributed by atoms with E-state index in [1.54, 1.807) is 0 Å². The molecule has 3 nitrogen and oxygen atoms in total. The van der Waals surface area contributed by atoms with E-state index in [4.69, 9.17) is 6.42 Å². The lowest BCUT2D eigenvalue weighted by molar-refractivity contribution is 0.363. The van der Waals surface area contributed by atoms with E-state index in [9.17, 15) is 0 Å².